The van der Waals surface area contributed by atoms with Crippen LogP contribution < -0.4 is 10.1 Å². The quantitative estimate of drug-likeness (QED) is 0.671. The minimum absolute atomic E-state index is 0.0279. The van der Waals surface area contributed by atoms with Gasteiger partial charge in [0.15, 0.2) is 0 Å². The molecule has 1 aliphatic carbocycles. The number of carbonyl (C=O) groups excluding carboxylic acids is 1. The third-order valence-electron chi connectivity index (χ3n) is 4.96. The van der Waals surface area contributed by atoms with E-state index in [1.54, 1.807) is 18.3 Å². The lowest BCUT2D eigenvalue weighted by molar-refractivity contribution is -0.121. The molecule has 0 unspecified atom stereocenters. The maximum atomic E-state index is 13.2. The molecule has 0 atom stereocenters. The van der Waals surface area contributed by atoms with Crippen LogP contribution in [0.25, 0.3) is 0 Å². The van der Waals surface area contributed by atoms with Crippen LogP contribution in [-0.4, -0.2) is 30.7 Å². The van der Waals surface area contributed by atoms with Crippen molar-refractivity contribution in [2.45, 2.75) is 38.0 Å². The molecule has 1 saturated carbocycles. The Bertz CT molecular complexity index is 758. The topological polar surface area (TPSA) is 60.5 Å². The molecule has 1 heterocycles. The van der Waals surface area contributed by atoms with Gasteiger partial charge in [-0.2, -0.15) is 0 Å². The number of anilines is 1. The summed E-state index contributed by atoms with van der Waals surface area (Å²) in [7, 11) is 0. The molecular weight excluding hydrogens is 364 g/mol. The number of nitrogens with one attached hydrogen (secondary N) is 1. The van der Waals surface area contributed by atoms with E-state index < -0.39 is 5.41 Å². The predicted octanol–water partition coefficient (Wildman–Crippen LogP) is 4.60. The Hall–Kier alpha value is -2.11. The lowest BCUT2D eigenvalue weighted by atomic mass is 9.78. The molecule has 3 rings (SSSR count). The molecule has 1 aromatic heterocycles. The van der Waals surface area contributed by atoms with E-state index in [0.29, 0.717) is 36.4 Å². The number of pyridine rings is 1. The Morgan fingerprint density at radius 2 is 1.96 bits per heavy atom. The number of halogens is 1. The smallest absolute Gasteiger partial charge is 0.235 e. The van der Waals surface area contributed by atoms with Crippen molar-refractivity contribution in [2.24, 2.45) is 0 Å². The molecule has 27 heavy (non-hydrogen) atoms. The third kappa shape index (κ3) is 4.60. The van der Waals surface area contributed by atoms with Crippen molar-refractivity contribution in [2.75, 3.05) is 25.1 Å². The van der Waals surface area contributed by atoms with Gasteiger partial charge in [-0.1, -0.05) is 42.6 Å². The standard InChI is InChI=1S/C21H25ClN2O3/c1-2-26-13-14-27-19-10-9-16(15-23-19)24-20(25)21(11-5-6-12-21)17-7-3-4-8-18(17)22/h3-4,7-10,15H,2,5-6,11-14H2,1H3,(H,24,25). The van der Waals surface area contributed by atoms with Crippen molar-refractivity contribution in [1.82, 2.24) is 4.98 Å². The Morgan fingerprint density at radius 1 is 1.19 bits per heavy atom. The number of rotatable bonds is 8. The Balaban J connectivity index is 1.69. The molecule has 0 radical (unpaired) electrons. The van der Waals surface area contributed by atoms with Crippen LogP contribution in [0.1, 0.15) is 38.2 Å². The first kappa shape index (κ1) is 19.6. The van der Waals surface area contributed by atoms with E-state index in [4.69, 9.17) is 21.1 Å². The van der Waals surface area contributed by atoms with Gasteiger partial charge in [-0.15, -0.1) is 0 Å². The lowest BCUT2D eigenvalue weighted by Gasteiger charge is -2.29. The highest BCUT2D eigenvalue weighted by molar-refractivity contribution is 6.31. The van der Waals surface area contributed by atoms with Gasteiger partial charge in [0.1, 0.15) is 6.61 Å². The summed E-state index contributed by atoms with van der Waals surface area (Å²) in [6.45, 7) is 3.57. The maximum Gasteiger partial charge on any atom is 0.235 e. The second-order valence-corrected chi connectivity index (χ2v) is 7.06. The van der Waals surface area contributed by atoms with Crippen LogP contribution in [0.15, 0.2) is 42.6 Å². The van der Waals surface area contributed by atoms with Crippen molar-refractivity contribution >= 4 is 23.2 Å². The van der Waals surface area contributed by atoms with Gasteiger partial charge in [-0.3, -0.25) is 4.79 Å². The van der Waals surface area contributed by atoms with Gasteiger partial charge in [-0.05, 0) is 37.5 Å². The van der Waals surface area contributed by atoms with E-state index in [1.165, 1.54) is 0 Å². The highest BCUT2D eigenvalue weighted by Crippen LogP contribution is 2.44. The Kier molecular flexibility index (Phi) is 6.69. The minimum Gasteiger partial charge on any atom is -0.475 e. The molecule has 0 bridgehead atoms. The first-order valence-corrected chi connectivity index (χ1v) is 9.76. The fourth-order valence-electron chi connectivity index (χ4n) is 3.59. The number of hydrogen-bond acceptors (Lipinski definition) is 4. The number of hydrogen-bond donors (Lipinski definition) is 1. The molecule has 144 valence electrons. The molecule has 6 heteroatoms. The SMILES string of the molecule is CCOCCOc1ccc(NC(=O)C2(c3ccccc3Cl)CCCC2)cn1. The van der Waals surface area contributed by atoms with Crippen LogP contribution in [0.4, 0.5) is 5.69 Å². The molecule has 0 aliphatic heterocycles. The number of carbonyl (C=O) groups is 1. The minimum atomic E-state index is -0.578. The summed E-state index contributed by atoms with van der Waals surface area (Å²) < 4.78 is 10.7. The number of amides is 1. The summed E-state index contributed by atoms with van der Waals surface area (Å²) in [5.74, 6) is 0.481. The summed E-state index contributed by atoms with van der Waals surface area (Å²) >= 11 is 6.41. The van der Waals surface area contributed by atoms with Gasteiger partial charge < -0.3 is 14.8 Å². The lowest BCUT2D eigenvalue weighted by Crippen LogP contribution is -2.38. The van der Waals surface area contributed by atoms with Gasteiger partial charge >= 0.3 is 0 Å². The summed E-state index contributed by atoms with van der Waals surface area (Å²) in [6, 6.07) is 11.2. The van der Waals surface area contributed by atoms with Crippen LogP contribution in [-0.2, 0) is 14.9 Å². The molecule has 0 saturated heterocycles. The van der Waals surface area contributed by atoms with Gasteiger partial charge in [0, 0.05) is 17.7 Å². The van der Waals surface area contributed by atoms with E-state index in [0.717, 1.165) is 31.2 Å². The Labute approximate surface area is 165 Å². The molecular formula is C21H25ClN2O3. The third-order valence-corrected chi connectivity index (χ3v) is 5.29. The average molecular weight is 389 g/mol. The Morgan fingerprint density at radius 3 is 2.63 bits per heavy atom. The number of aromatic nitrogens is 1. The zero-order valence-electron chi connectivity index (χ0n) is 15.5. The zero-order valence-corrected chi connectivity index (χ0v) is 16.3. The zero-order chi connectivity index (χ0) is 19.1. The van der Waals surface area contributed by atoms with Crippen LogP contribution in [0.3, 0.4) is 0 Å². The second-order valence-electron chi connectivity index (χ2n) is 6.65. The molecule has 5 nitrogen and oxygen atoms in total. The maximum absolute atomic E-state index is 13.2. The van der Waals surface area contributed by atoms with Gasteiger partial charge in [0.25, 0.3) is 0 Å². The van der Waals surface area contributed by atoms with Crippen molar-refractivity contribution in [3.05, 3.63) is 53.2 Å². The summed E-state index contributed by atoms with van der Waals surface area (Å²) in [5.41, 5.74) is 0.978. The van der Waals surface area contributed by atoms with Gasteiger partial charge in [0.05, 0.1) is 23.9 Å². The number of nitrogens with zero attached hydrogens (tertiary/aromatic N) is 1. The van der Waals surface area contributed by atoms with Crippen molar-refractivity contribution in [3.8, 4) is 5.88 Å². The molecule has 0 spiro atoms. The first-order chi connectivity index (χ1) is 13.2. The molecule has 1 amide bonds. The van der Waals surface area contributed by atoms with Crippen LogP contribution in [0.5, 0.6) is 5.88 Å². The number of ether oxygens (including phenoxy) is 2. The molecule has 2 aromatic rings. The van der Waals surface area contributed by atoms with Crippen molar-refractivity contribution in [3.63, 3.8) is 0 Å². The summed E-state index contributed by atoms with van der Waals surface area (Å²) in [4.78, 5) is 17.4. The van der Waals surface area contributed by atoms with E-state index in [9.17, 15) is 4.79 Å². The highest BCUT2D eigenvalue weighted by atomic mass is 35.5. The van der Waals surface area contributed by atoms with Gasteiger partial charge in [0.2, 0.25) is 11.8 Å². The molecule has 1 aliphatic rings. The number of benzene rings is 1. The van der Waals surface area contributed by atoms with Crippen LogP contribution in [0, 0.1) is 0 Å². The van der Waals surface area contributed by atoms with E-state index in [-0.39, 0.29) is 5.91 Å². The second kappa shape index (κ2) is 9.20. The first-order valence-electron chi connectivity index (χ1n) is 9.39. The van der Waals surface area contributed by atoms with Crippen LogP contribution >= 0.6 is 11.6 Å². The normalized spacial score (nSPS) is 15.5. The monoisotopic (exact) mass is 388 g/mol. The van der Waals surface area contributed by atoms with E-state index in [2.05, 4.69) is 10.3 Å². The van der Waals surface area contributed by atoms with E-state index in [1.807, 2.05) is 31.2 Å². The van der Waals surface area contributed by atoms with E-state index >= 15 is 0 Å². The molecule has 1 aromatic carbocycles. The van der Waals surface area contributed by atoms with Crippen molar-refractivity contribution < 1.29 is 14.3 Å². The highest BCUT2D eigenvalue weighted by Gasteiger charge is 2.43. The summed E-state index contributed by atoms with van der Waals surface area (Å²) in [5, 5.41) is 3.66. The molecule has 1 N–H and O–H groups in total. The largest absolute Gasteiger partial charge is 0.475 e. The summed E-state index contributed by atoms with van der Waals surface area (Å²) in [6.07, 6.45) is 5.25. The molecule has 1 fully saturated rings. The predicted molar refractivity (Wildman–Crippen MR) is 106 cm³/mol. The van der Waals surface area contributed by atoms with Crippen molar-refractivity contribution in [1.29, 1.82) is 0 Å². The fraction of sp³-hybridized carbons (Fsp3) is 0.429. The van der Waals surface area contributed by atoms with Crippen LogP contribution in [0.2, 0.25) is 5.02 Å². The average Bonchev–Trinajstić information content (AvgIpc) is 3.18. The van der Waals surface area contributed by atoms with Gasteiger partial charge in [-0.25, -0.2) is 4.98 Å². The fourth-order valence-corrected chi connectivity index (χ4v) is 3.90.